The number of carbonyl (C=O) groups is 1. The topological polar surface area (TPSA) is 77.0 Å². The summed E-state index contributed by atoms with van der Waals surface area (Å²) >= 11 is 0. The Balaban J connectivity index is 1.81. The molecule has 0 unspecified atom stereocenters. The minimum atomic E-state index is -0.497. The second-order valence-corrected chi connectivity index (χ2v) is 6.01. The molecule has 0 aliphatic rings. The van der Waals surface area contributed by atoms with Crippen LogP contribution < -0.4 is 15.9 Å². The van der Waals surface area contributed by atoms with Crippen LogP contribution in [-0.2, 0) is 11.2 Å². The number of pyridine rings is 1. The Hall–Kier alpha value is -3.80. The first kappa shape index (κ1) is 19.0. The van der Waals surface area contributed by atoms with Crippen molar-refractivity contribution in [2.45, 2.75) is 6.42 Å². The van der Waals surface area contributed by atoms with Gasteiger partial charge >= 0.3 is 6.09 Å². The summed E-state index contributed by atoms with van der Waals surface area (Å²) in [5, 5.41) is 4.08. The molecule has 0 atom stereocenters. The van der Waals surface area contributed by atoms with Crippen molar-refractivity contribution in [2.24, 2.45) is 0 Å². The Morgan fingerprint density at radius 1 is 1.18 bits per heavy atom. The Morgan fingerprint density at radius 2 is 1.96 bits per heavy atom. The molecule has 0 radical (unpaired) electrons. The van der Waals surface area contributed by atoms with Crippen molar-refractivity contribution in [3.8, 4) is 11.5 Å². The average molecular weight is 372 g/mol. The number of ether oxygens (including phenoxy) is 1. The van der Waals surface area contributed by atoms with Crippen LogP contribution >= 0.6 is 0 Å². The zero-order chi connectivity index (χ0) is 19.9. The highest BCUT2D eigenvalue weighted by Gasteiger charge is 2.06. The van der Waals surface area contributed by atoms with E-state index in [2.05, 4.69) is 38.2 Å². The lowest BCUT2D eigenvalue weighted by Gasteiger charge is -2.06. The molecule has 2 aromatic heterocycles. The normalized spacial score (nSPS) is 11.1. The van der Waals surface area contributed by atoms with Crippen LogP contribution in [-0.4, -0.2) is 28.2 Å². The van der Waals surface area contributed by atoms with Gasteiger partial charge in [-0.3, -0.25) is 5.32 Å². The number of anilines is 1. The molecule has 2 heterocycles. The highest BCUT2D eigenvalue weighted by Crippen LogP contribution is 2.15. The number of allylic oxidation sites excluding steroid dienone is 1. The molecule has 140 valence electrons. The first-order valence-electron chi connectivity index (χ1n) is 8.64. The maximum Gasteiger partial charge on any atom is 0.411 e. The van der Waals surface area contributed by atoms with Gasteiger partial charge in [-0.1, -0.05) is 37.4 Å². The summed E-state index contributed by atoms with van der Waals surface area (Å²) in [6, 6.07) is 13.3. The van der Waals surface area contributed by atoms with Crippen molar-refractivity contribution in [1.82, 2.24) is 15.0 Å². The van der Waals surface area contributed by atoms with E-state index >= 15 is 0 Å². The zero-order valence-electron chi connectivity index (χ0n) is 15.6. The molecular formula is C22H20N4O2. The van der Waals surface area contributed by atoms with Crippen LogP contribution in [0.4, 0.5) is 10.5 Å². The summed E-state index contributed by atoms with van der Waals surface area (Å²) in [5.41, 5.74) is 3.32. The van der Waals surface area contributed by atoms with E-state index < -0.39 is 6.09 Å². The highest BCUT2D eigenvalue weighted by atomic mass is 16.5. The Morgan fingerprint density at radius 3 is 2.68 bits per heavy atom. The lowest BCUT2D eigenvalue weighted by atomic mass is 10.1. The van der Waals surface area contributed by atoms with Crippen LogP contribution in [0, 0.1) is 0 Å². The minimum Gasteiger partial charge on any atom is -0.453 e. The van der Waals surface area contributed by atoms with Gasteiger partial charge in [0.15, 0.2) is 5.82 Å². The average Bonchev–Trinajstić information content (AvgIpc) is 2.71. The fraction of sp³-hybridized carbons (Fsp3) is 0.0909. The summed E-state index contributed by atoms with van der Waals surface area (Å²) in [5.74, 6) is 0.542. The number of aromatic nitrogens is 3. The fourth-order valence-electron chi connectivity index (χ4n) is 2.59. The summed E-state index contributed by atoms with van der Waals surface area (Å²) < 4.78 is 4.58. The number of carbonyl (C=O) groups excluding carboxylic acids is 1. The number of nitrogens with one attached hydrogen (secondary N) is 1. The van der Waals surface area contributed by atoms with Crippen LogP contribution in [0.3, 0.4) is 0 Å². The fourth-order valence-corrected chi connectivity index (χ4v) is 2.59. The van der Waals surface area contributed by atoms with Gasteiger partial charge in [-0.15, -0.1) is 0 Å². The summed E-state index contributed by atoms with van der Waals surface area (Å²) in [7, 11) is 1.33. The van der Waals surface area contributed by atoms with Gasteiger partial charge in [0.2, 0.25) is 0 Å². The molecule has 0 bridgehead atoms. The smallest absolute Gasteiger partial charge is 0.411 e. The van der Waals surface area contributed by atoms with Crippen molar-refractivity contribution in [3.05, 3.63) is 83.1 Å². The molecule has 1 aromatic carbocycles. The second kappa shape index (κ2) is 8.73. The quantitative estimate of drug-likeness (QED) is 0.745. The highest BCUT2D eigenvalue weighted by molar-refractivity contribution is 5.84. The Bertz CT molecular complexity index is 1110. The van der Waals surface area contributed by atoms with E-state index in [0.29, 0.717) is 23.6 Å². The van der Waals surface area contributed by atoms with Gasteiger partial charge in [0.25, 0.3) is 0 Å². The maximum atomic E-state index is 11.2. The van der Waals surface area contributed by atoms with Crippen molar-refractivity contribution in [1.29, 1.82) is 0 Å². The third-order valence-electron chi connectivity index (χ3n) is 3.98. The number of hydrogen-bond donors (Lipinski definition) is 1. The summed E-state index contributed by atoms with van der Waals surface area (Å²) in [4.78, 5) is 24.8. The van der Waals surface area contributed by atoms with Gasteiger partial charge in [-0.25, -0.2) is 19.7 Å². The van der Waals surface area contributed by atoms with E-state index in [9.17, 15) is 4.79 Å². The summed E-state index contributed by atoms with van der Waals surface area (Å²) in [6.45, 7) is 7.62. The molecule has 6 heteroatoms. The molecule has 3 rings (SSSR count). The molecular weight excluding hydrogens is 352 g/mol. The molecule has 0 fully saturated rings. The van der Waals surface area contributed by atoms with E-state index in [0.717, 1.165) is 21.8 Å². The van der Waals surface area contributed by atoms with Gasteiger partial charge in [0.1, 0.15) is 5.69 Å². The molecule has 0 aliphatic carbocycles. The van der Waals surface area contributed by atoms with Crippen molar-refractivity contribution in [3.63, 3.8) is 0 Å². The third-order valence-corrected chi connectivity index (χ3v) is 3.98. The van der Waals surface area contributed by atoms with Crippen LogP contribution in [0.2, 0.25) is 0 Å². The van der Waals surface area contributed by atoms with Crippen LogP contribution in [0.15, 0.2) is 61.3 Å². The van der Waals surface area contributed by atoms with E-state index in [1.54, 1.807) is 18.3 Å². The molecule has 1 N–H and O–H groups in total. The number of benzene rings is 1. The predicted octanol–water partition coefficient (Wildman–Crippen LogP) is 2.68. The molecule has 28 heavy (non-hydrogen) atoms. The van der Waals surface area contributed by atoms with Crippen LogP contribution in [0.1, 0.15) is 11.3 Å². The van der Waals surface area contributed by atoms with E-state index in [1.165, 1.54) is 7.11 Å². The number of nitrogens with zero attached hydrogens (tertiary/aromatic N) is 3. The van der Waals surface area contributed by atoms with Crippen molar-refractivity contribution in [2.75, 3.05) is 12.4 Å². The Kier molecular flexibility index (Phi) is 5.91. The van der Waals surface area contributed by atoms with Gasteiger partial charge in [-0.05, 0) is 35.9 Å². The SMILES string of the molecule is C=C/C=c1/nc(-c2cccc(Cc3ccc(NC(=O)OC)cc3)n2)ncc1=C. The number of amides is 1. The maximum absolute atomic E-state index is 11.2. The van der Waals surface area contributed by atoms with Crippen LogP contribution in [0.25, 0.3) is 24.2 Å². The summed E-state index contributed by atoms with van der Waals surface area (Å²) in [6.07, 6.45) is 5.29. The van der Waals surface area contributed by atoms with E-state index in [4.69, 9.17) is 0 Å². The molecule has 0 saturated carbocycles. The number of rotatable bonds is 5. The molecule has 6 nitrogen and oxygen atoms in total. The number of hydrogen-bond acceptors (Lipinski definition) is 5. The Labute approximate surface area is 163 Å². The standard InChI is InChI=1S/C22H20N4O2/c1-4-6-19-15(2)14-23-21(26-19)20-8-5-7-18(24-20)13-16-9-11-17(12-10-16)25-22(27)28-3/h4-12,14H,1-2,13H2,3H3,(H,25,27)/b19-6+. The van der Waals surface area contributed by atoms with Crippen LogP contribution in [0.5, 0.6) is 0 Å². The first-order valence-corrected chi connectivity index (χ1v) is 8.64. The van der Waals surface area contributed by atoms with Gasteiger partial charge in [-0.2, -0.15) is 0 Å². The molecule has 0 aliphatic heterocycles. The molecule has 0 spiro atoms. The first-order chi connectivity index (χ1) is 13.6. The molecule has 0 saturated heterocycles. The predicted molar refractivity (Wildman–Crippen MR) is 110 cm³/mol. The lowest BCUT2D eigenvalue weighted by molar-refractivity contribution is 0.187. The van der Waals surface area contributed by atoms with E-state index in [-0.39, 0.29) is 0 Å². The van der Waals surface area contributed by atoms with Crippen molar-refractivity contribution >= 4 is 24.4 Å². The van der Waals surface area contributed by atoms with E-state index in [1.807, 2.05) is 42.5 Å². The zero-order valence-corrected chi connectivity index (χ0v) is 15.6. The number of methoxy groups -OCH3 is 1. The van der Waals surface area contributed by atoms with Gasteiger partial charge in [0.05, 0.1) is 12.5 Å². The largest absolute Gasteiger partial charge is 0.453 e. The monoisotopic (exact) mass is 372 g/mol. The molecule has 1 amide bonds. The second-order valence-electron chi connectivity index (χ2n) is 6.01. The lowest BCUT2D eigenvalue weighted by Crippen LogP contribution is -2.28. The van der Waals surface area contributed by atoms with Crippen molar-refractivity contribution < 1.29 is 9.53 Å². The minimum absolute atomic E-state index is 0.497. The molecule has 3 aromatic rings. The van der Waals surface area contributed by atoms with Gasteiger partial charge in [0, 0.05) is 29.2 Å². The van der Waals surface area contributed by atoms with Gasteiger partial charge < -0.3 is 4.74 Å². The third kappa shape index (κ3) is 4.67.